The molecule has 0 saturated heterocycles. The van der Waals surface area contributed by atoms with Gasteiger partial charge in [-0.15, -0.1) is 0 Å². The Bertz CT molecular complexity index is 1310. The number of carbonyl (C=O) groups is 2. The first-order valence-electron chi connectivity index (χ1n) is 15.5. The molecule has 2 aliphatic carbocycles. The monoisotopic (exact) mass is 559 g/mol. The zero-order valence-corrected chi connectivity index (χ0v) is 25.0. The van der Waals surface area contributed by atoms with Gasteiger partial charge in [0.15, 0.2) is 0 Å². The number of pyridine rings is 1. The van der Waals surface area contributed by atoms with Gasteiger partial charge in [0.2, 0.25) is 5.91 Å². The van der Waals surface area contributed by atoms with Gasteiger partial charge in [0.05, 0.1) is 5.69 Å². The summed E-state index contributed by atoms with van der Waals surface area (Å²) in [4.78, 5) is 32.6. The largest absolute Gasteiger partial charge is 0.339 e. The maximum Gasteiger partial charge on any atom is 0.270 e. The van der Waals surface area contributed by atoms with E-state index in [1.165, 1.54) is 38.5 Å². The summed E-state index contributed by atoms with van der Waals surface area (Å²) >= 11 is 0. The molecule has 0 aliphatic heterocycles. The molecule has 0 spiro atoms. The van der Waals surface area contributed by atoms with Crippen LogP contribution in [0.3, 0.4) is 0 Å². The Morgan fingerprint density at radius 1 is 0.951 bits per heavy atom. The smallest absolute Gasteiger partial charge is 0.270 e. The third-order valence-corrected chi connectivity index (χ3v) is 9.33. The van der Waals surface area contributed by atoms with Crippen molar-refractivity contribution in [2.24, 2.45) is 17.8 Å². The van der Waals surface area contributed by atoms with Crippen LogP contribution in [0.5, 0.6) is 0 Å². The second-order valence-electron chi connectivity index (χ2n) is 12.0. The minimum absolute atomic E-state index is 0.0918. The molecule has 0 radical (unpaired) electrons. The number of amides is 2. The van der Waals surface area contributed by atoms with E-state index in [9.17, 15) is 9.59 Å². The molecule has 3 heterocycles. The fourth-order valence-corrected chi connectivity index (χ4v) is 7.34. The minimum Gasteiger partial charge on any atom is -0.339 e. The Morgan fingerprint density at radius 3 is 2.17 bits per heavy atom. The third kappa shape index (κ3) is 6.39. The fourth-order valence-electron chi connectivity index (χ4n) is 7.34. The van der Waals surface area contributed by atoms with E-state index in [0.29, 0.717) is 29.9 Å². The van der Waals surface area contributed by atoms with Crippen molar-refractivity contribution in [3.8, 4) is 11.1 Å². The number of H-pyrrole nitrogens is 1. The zero-order chi connectivity index (χ0) is 28.9. The van der Waals surface area contributed by atoms with Gasteiger partial charge in [-0.1, -0.05) is 64.2 Å². The first kappa shape index (κ1) is 29.0. The first-order chi connectivity index (χ1) is 19.9. The lowest BCUT2D eigenvalue weighted by atomic mass is 9.66. The van der Waals surface area contributed by atoms with Crippen molar-refractivity contribution in [1.29, 1.82) is 0 Å². The highest BCUT2D eigenvalue weighted by atomic mass is 16.2. The molecule has 2 amide bonds. The Kier molecular flexibility index (Phi) is 9.20. The number of aryl methyl sites for hydroxylation is 4. The van der Waals surface area contributed by atoms with Crippen LogP contribution in [0.1, 0.15) is 98.7 Å². The molecular formula is C32H45N7O2. The maximum absolute atomic E-state index is 14.2. The SMILES string of the molecule is CCn1nccc1C(=O)N[C@@H](C(=O)Nc1ccc(-c2c(C)n[nH]c2C)c(C)n1)C(C1CCCCC1)C1CCCCC1. The van der Waals surface area contributed by atoms with E-state index in [4.69, 9.17) is 4.98 Å². The van der Waals surface area contributed by atoms with Crippen LogP contribution in [-0.4, -0.2) is 42.8 Å². The van der Waals surface area contributed by atoms with Crippen molar-refractivity contribution in [2.75, 3.05) is 5.32 Å². The molecule has 0 unspecified atom stereocenters. The van der Waals surface area contributed by atoms with Crippen molar-refractivity contribution in [1.82, 2.24) is 30.3 Å². The highest BCUT2D eigenvalue weighted by Crippen LogP contribution is 2.42. The number of hydrogen-bond acceptors (Lipinski definition) is 5. The Morgan fingerprint density at radius 2 is 1.61 bits per heavy atom. The highest BCUT2D eigenvalue weighted by Gasteiger charge is 2.41. The van der Waals surface area contributed by atoms with E-state index in [0.717, 1.165) is 53.9 Å². The quantitative estimate of drug-likeness (QED) is 0.292. The van der Waals surface area contributed by atoms with Crippen LogP contribution in [0.4, 0.5) is 5.82 Å². The predicted octanol–water partition coefficient (Wildman–Crippen LogP) is 6.13. The van der Waals surface area contributed by atoms with Gasteiger partial charge < -0.3 is 10.6 Å². The van der Waals surface area contributed by atoms with Crippen LogP contribution in [-0.2, 0) is 11.3 Å². The van der Waals surface area contributed by atoms with Gasteiger partial charge in [0.25, 0.3) is 5.91 Å². The van der Waals surface area contributed by atoms with Gasteiger partial charge in [-0.2, -0.15) is 10.2 Å². The molecule has 2 fully saturated rings. The summed E-state index contributed by atoms with van der Waals surface area (Å²) in [6.07, 6.45) is 13.4. The topological polar surface area (TPSA) is 118 Å². The number of anilines is 1. The predicted molar refractivity (Wildman–Crippen MR) is 160 cm³/mol. The summed E-state index contributed by atoms with van der Waals surface area (Å²) in [6, 6.07) is 4.94. The lowest BCUT2D eigenvalue weighted by Crippen LogP contribution is -2.53. The first-order valence-corrected chi connectivity index (χ1v) is 15.5. The molecule has 9 nitrogen and oxygen atoms in total. The van der Waals surface area contributed by atoms with Crippen LogP contribution in [0.2, 0.25) is 0 Å². The van der Waals surface area contributed by atoms with Crippen LogP contribution >= 0.6 is 0 Å². The Labute approximate surface area is 243 Å². The molecule has 5 rings (SSSR count). The fraction of sp³-hybridized carbons (Fsp3) is 0.594. The molecule has 220 valence electrons. The molecule has 9 heteroatoms. The van der Waals surface area contributed by atoms with Crippen LogP contribution < -0.4 is 10.6 Å². The summed E-state index contributed by atoms with van der Waals surface area (Å²) < 4.78 is 1.68. The van der Waals surface area contributed by atoms with E-state index in [2.05, 4.69) is 25.9 Å². The van der Waals surface area contributed by atoms with Gasteiger partial charge in [-0.3, -0.25) is 19.4 Å². The van der Waals surface area contributed by atoms with Crippen LogP contribution in [0.25, 0.3) is 11.1 Å². The van der Waals surface area contributed by atoms with Crippen LogP contribution in [0.15, 0.2) is 24.4 Å². The number of hydrogen-bond donors (Lipinski definition) is 3. The number of carbonyl (C=O) groups excluding carboxylic acids is 2. The normalized spacial score (nSPS) is 17.5. The third-order valence-electron chi connectivity index (χ3n) is 9.33. The molecule has 2 saturated carbocycles. The molecule has 3 aromatic heterocycles. The lowest BCUT2D eigenvalue weighted by molar-refractivity contribution is -0.121. The molecule has 0 bridgehead atoms. The molecule has 3 N–H and O–H groups in total. The van der Waals surface area contributed by atoms with E-state index in [-0.39, 0.29) is 17.7 Å². The zero-order valence-electron chi connectivity index (χ0n) is 25.0. The Balaban J connectivity index is 1.46. The second-order valence-corrected chi connectivity index (χ2v) is 12.0. The number of aromatic amines is 1. The van der Waals surface area contributed by atoms with E-state index in [1.807, 2.05) is 39.8 Å². The lowest BCUT2D eigenvalue weighted by Gasteiger charge is -2.41. The average molecular weight is 560 g/mol. The summed E-state index contributed by atoms with van der Waals surface area (Å²) in [6.45, 7) is 8.48. The molecule has 41 heavy (non-hydrogen) atoms. The van der Waals surface area contributed by atoms with Crippen molar-refractivity contribution >= 4 is 17.6 Å². The second kappa shape index (κ2) is 13.0. The maximum atomic E-state index is 14.2. The van der Waals surface area contributed by atoms with Crippen molar-refractivity contribution in [3.05, 3.63) is 47.2 Å². The van der Waals surface area contributed by atoms with Crippen molar-refractivity contribution < 1.29 is 9.59 Å². The summed E-state index contributed by atoms with van der Waals surface area (Å²) in [7, 11) is 0. The van der Waals surface area contributed by atoms with Gasteiger partial charge in [-0.05, 0) is 63.6 Å². The minimum atomic E-state index is -0.644. The highest BCUT2D eigenvalue weighted by molar-refractivity contribution is 6.00. The van der Waals surface area contributed by atoms with Gasteiger partial charge in [0.1, 0.15) is 17.6 Å². The molecular weight excluding hydrogens is 514 g/mol. The van der Waals surface area contributed by atoms with Gasteiger partial charge in [-0.25, -0.2) is 4.98 Å². The Hall–Kier alpha value is -3.49. The van der Waals surface area contributed by atoms with E-state index >= 15 is 0 Å². The van der Waals surface area contributed by atoms with Crippen molar-refractivity contribution in [3.63, 3.8) is 0 Å². The average Bonchev–Trinajstić information content (AvgIpc) is 3.60. The molecule has 1 atom stereocenters. The summed E-state index contributed by atoms with van der Waals surface area (Å²) in [5, 5.41) is 18.0. The number of aromatic nitrogens is 5. The van der Waals surface area contributed by atoms with Crippen LogP contribution in [0, 0.1) is 38.5 Å². The van der Waals surface area contributed by atoms with Gasteiger partial charge in [0, 0.05) is 35.3 Å². The number of nitrogens with one attached hydrogen (secondary N) is 3. The summed E-state index contributed by atoms with van der Waals surface area (Å²) in [5.74, 6) is 1.00. The molecule has 2 aliphatic rings. The van der Waals surface area contributed by atoms with Crippen molar-refractivity contribution in [2.45, 2.75) is 104 Å². The molecule has 3 aromatic rings. The summed E-state index contributed by atoms with van der Waals surface area (Å²) in [5.41, 5.74) is 5.24. The van der Waals surface area contributed by atoms with E-state index < -0.39 is 6.04 Å². The van der Waals surface area contributed by atoms with E-state index in [1.54, 1.807) is 16.9 Å². The molecule has 0 aromatic carbocycles. The number of nitrogens with zero attached hydrogens (tertiary/aromatic N) is 4. The standard InChI is InChI=1S/C32H45N7O2/c1-5-39-26(18-19-33-39)31(40)36-30(29(23-12-8-6-9-13-23)24-14-10-7-11-15-24)32(41)35-27-17-16-25(20(2)34-27)28-21(3)37-38-22(28)4/h16-19,23-24,29-30H,5-15H2,1-4H3,(H,36,40)(H,37,38)(H,34,35,41)/t30-/m1/s1. The van der Waals surface area contributed by atoms with Gasteiger partial charge >= 0.3 is 0 Å². The number of rotatable bonds is 9.